The molecule has 6 heteroatoms. The highest BCUT2D eigenvalue weighted by molar-refractivity contribution is 6.33. The molecule has 1 aromatic carbocycles. The Labute approximate surface area is 108 Å². The lowest BCUT2D eigenvalue weighted by Gasteiger charge is -2.06. The van der Waals surface area contributed by atoms with Crippen LogP contribution in [0.25, 0.3) is 16.6 Å². The van der Waals surface area contributed by atoms with E-state index >= 15 is 0 Å². The van der Waals surface area contributed by atoms with Gasteiger partial charge in [-0.3, -0.25) is 0 Å². The Balaban J connectivity index is 2.23. The number of methoxy groups -OCH3 is 1. The van der Waals surface area contributed by atoms with Gasteiger partial charge < -0.3 is 4.74 Å². The summed E-state index contributed by atoms with van der Waals surface area (Å²) < 4.78 is 7.01. The van der Waals surface area contributed by atoms with Crippen LogP contribution in [0.4, 0.5) is 0 Å². The van der Waals surface area contributed by atoms with Crippen LogP contribution in [0.3, 0.4) is 0 Å². The quantitative estimate of drug-likeness (QED) is 0.710. The fourth-order valence-corrected chi connectivity index (χ4v) is 1.96. The van der Waals surface area contributed by atoms with Crippen molar-refractivity contribution in [1.29, 1.82) is 0 Å². The number of fused-ring (bicyclic) bond motifs is 1. The Kier molecular flexibility index (Phi) is 2.60. The van der Waals surface area contributed by atoms with E-state index in [2.05, 4.69) is 15.3 Å². The van der Waals surface area contributed by atoms with Crippen LogP contribution < -0.4 is 4.74 Å². The summed E-state index contributed by atoms with van der Waals surface area (Å²) in [6.45, 7) is 0. The minimum Gasteiger partial charge on any atom is -0.494 e. The number of rotatable bonds is 2. The molecule has 0 aliphatic rings. The van der Waals surface area contributed by atoms with Gasteiger partial charge in [0.05, 0.1) is 13.3 Å². The Morgan fingerprint density at radius 2 is 2.11 bits per heavy atom. The van der Waals surface area contributed by atoms with Crippen LogP contribution in [-0.2, 0) is 0 Å². The van der Waals surface area contributed by atoms with E-state index in [1.807, 2.05) is 30.5 Å². The largest absolute Gasteiger partial charge is 0.494 e. The zero-order valence-electron chi connectivity index (χ0n) is 9.54. The van der Waals surface area contributed by atoms with Crippen LogP contribution in [0.1, 0.15) is 0 Å². The average Bonchev–Trinajstić information content (AvgIpc) is 2.84. The molecule has 3 rings (SSSR count). The third kappa shape index (κ3) is 1.69. The number of hydrogen-bond donors (Lipinski definition) is 0. The SMILES string of the molecule is COc1ccccc1-n1cc2cnnc(Cl)c2n1. The van der Waals surface area contributed by atoms with E-state index in [1.54, 1.807) is 18.0 Å². The van der Waals surface area contributed by atoms with Crippen LogP contribution in [-0.4, -0.2) is 27.1 Å². The first-order valence-electron chi connectivity index (χ1n) is 5.29. The van der Waals surface area contributed by atoms with E-state index in [9.17, 15) is 0 Å². The molecule has 2 aromatic heterocycles. The zero-order chi connectivity index (χ0) is 12.5. The van der Waals surface area contributed by atoms with Crippen molar-refractivity contribution in [3.63, 3.8) is 0 Å². The molecule has 0 saturated heterocycles. The van der Waals surface area contributed by atoms with Crippen LogP contribution in [0.2, 0.25) is 5.15 Å². The maximum absolute atomic E-state index is 5.95. The highest BCUT2D eigenvalue weighted by Crippen LogP contribution is 2.25. The summed E-state index contributed by atoms with van der Waals surface area (Å²) in [6, 6.07) is 7.61. The van der Waals surface area contributed by atoms with Gasteiger partial charge in [-0.15, -0.1) is 5.10 Å². The van der Waals surface area contributed by atoms with Gasteiger partial charge in [-0.25, -0.2) is 4.68 Å². The number of ether oxygens (including phenoxy) is 1. The molecule has 0 radical (unpaired) electrons. The first-order chi connectivity index (χ1) is 8.79. The van der Waals surface area contributed by atoms with E-state index in [1.165, 1.54) is 0 Å². The van der Waals surface area contributed by atoms with Gasteiger partial charge in [0.15, 0.2) is 5.15 Å². The van der Waals surface area contributed by atoms with E-state index in [0.717, 1.165) is 16.8 Å². The minimum absolute atomic E-state index is 0.293. The molecule has 90 valence electrons. The van der Waals surface area contributed by atoms with Crippen LogP contribution in [0.15, 0.2) is 36.7 Å². The normalized spacial score (nSPS) is 10.8. The lowest BCUT2D eigenvalue weighted by molar-refractivity contribution is 0.412. The second-order valence-electron chi connectivity index (χ2n) is 3.68. The Morgan fingerprint density at radius 1 is 1.28 bits per heavy atom. The fourth-order valence-electron chi connectivity index (χ4n) is 1.77. The van der Waals surface area contributed by atoms with Crippen molar-refractivity contribution in [2.45, 2.75) is 0 Å². The predicted octanol–water partition coefficient (Wildman–Crippen LogP) is 2.48. The monoisotopic (exact) mass is 260 g/mol. The van der Waals surface area contributed by atoms with Crippen molar-refractivity contribution in [2.75, 3.05) is 7.11 Å². The summed E-state index contributed by atoms with van der Waals surface area (Å²) in [7, 11) is 1.62. The molecule has 0 atom stereocenters. The molecule has 3 aromatic rings. The van der Waals surface area contributed by atoms with Crippen molar-refractivity contribution >= 4 is 22.5 Å². The third-order valence-electron chi connectivity index (χ3n) is 2.61. The van der Waals surface area contributed by atoms with E-state index in [-0.39, 0.29) is 0 Å². The summed E-state index contributed by atoms with van der Waals surface area (Å²) in [5.74, 6) is 0.738. The highest BCUT2D eigenvalue weighted by atomic mass is 35.5. The summed E-state index contributed by atoms with van der Waals surface area (Å²) >= 11 is 5.95. The number of aromatic nitrogens is 4. The predicted molar refractivity (Wildman–Crippen MR) is 68.2 cm³/mol. The summed E-state index contributed by atoms with van der Waals surface area (Å²) in [4.78, 5) is 0. The molecule has 0 fully saturated rings. The second kappa shape index (κ2) is 4.27. The van der Waals surface area contributed by atoms with Gasteiger partial charge in [-0.05, 0) is 12.1 Å². The molecule has 0 aliphatic carbocycles. The van der Waals surface area contributed by atoms with Crippen LogP contribution in [0.5, 0.6) is 5.75 Å². The van der Waals surface area contributed by atoms with Gasteiger partial charge in [0.2, 0.25) is 0 Å². The molecule has 0 bridgehead atoms. The van der Waals surface area contributed by atoms with Gasteiger partial charge in [-0.2, -0.15) is 10.2 Å². The van der Waals surface area contributed by atoms with Crippen molar-refractivity contribution in [3.05, 3.63) is 41.8 Å². The summed E-state index contributed by atoms with van der Waals surface area (Å²) in [5, 5.41) is 13.1. The summed E-state index contributed by atoms with van der Waals surface area (Å²) in [5.41, 5.74) is 1.46. The Morgan fingerprint density at radius 3 is 2.89 bits per heavy atom. The molecule has 0 unspecified atom stereocenters. The fraction of sp³-hybridized carbons (Fsp3) is 0.0833. The number of nitrogens with zero attached hydrogens (tertiary/aromatic N) is 4. The molecule has 5 nitrogen and oxygen atoms in total. The van der Waals surface area contributed by atoms with Gasteiger partial charge >= 0.3 is 0 Å². The second-order valence-corrected chi connectivity index (χ2v) is 4.04. The number of para-hydroxylation sites is 2. The van der Waals surface area contributed by atoms with Crippen LogP contribution in [0, 0.1) is 0 Å². The first kappa shape index (κ1) is 11.0. The van der Waals surface area contributed by atoms with Gasteiger partial charge in [-0.1, -0.05) is 23.7 Å². The minimum atomic E-state index is 0.293. The lowest BCUT2D eigenvalue weighted by atomic mass is 10.3. The number of halogens is 1. The van der Waals surface area contributed by atoms with Crippen molar-refractivity contribution in [2.24, 2.45) is 0 Å². The Bertz CT molecular complexity index is 710. The molecule has 0 amide bonds. The van der Waals surface area contributed by atoms with E-state index < -0.39 is 0 Å². The first-order valence-corrected chi connectivity index (χ1v) is 5.67. The molecule has 0 spiro atoms. The van der Waals surface area contributed by atoms with E-state index in [4.69, 9.17) is 16.3 Å². The topological polar surface area (TPSA) is 52.8 Å². The molecule has 18 heavy (non-hydrogen) atoms. The van der Waals surface area contributed by atoms with Crippen molar-refractivity contribution in [3.8, 4) is 11.4 Å². The van der Waals surface area contributed by atoms with Gasteiger partial charge in [0, 0.05) is 11.6 Å². The zero-order valence-corrected chi connectivity index (χ0v) is 10.3. The maximum atomic E-state index is 5.95. The standard InChI is InChI=1S/C12H9ClN4O/c1-18-10-5-3-2-4-9(10)17-7-8-6-14-15-12(13)11(8)16-17/h2-7H,1H3. The molecule has 0 aliphatic heterocycles. The van der Waals surface area contributed by atoms with Crippen LogP contribution >= 0.6 is 11.6 Å². The lowest BCUT2D eigenvalue weighted by Crippen LogP contribution is -1.97. The van der Waals surface area contributed by atoms with Gasteiger partial charge in [0.1, 0.15) is 17.0 Å². The van der Waals surface area contributed by atoms with E-state index in [0.29, 0.717) is 10.7 Å². The summed E-state index contributed by atoms with van der Waals surface area (Å²) in [6.07, 6.45) is 3.47. The molecular formula is C12H9ClN4O. The molecule has 2 heterocycles. The molecule has 0 N–H and O–H groups in total. The van der Waals surface area contributed by atoms with Crippen molar-refractivity contribution in [1.82, 2.24) is 20.0 Å². The van der Waals surface area contributed by atoms with Crippen molar-refractivity contribution < 1.29 is 4.74 Å². The molecular weight excluding hydrogens is 252 g/mol. The van der Waals surface area contributed by atoms with Gasteiger partial charge in [0.25, 0.3) is 0 Å². The highest BCUT2D eigenvalue weighted by Gasteiger charge is 2.10. The number of hydrogen-bond acceptors (Lipinski definition) is 4. The third-order valence-corrected chi connectivity index (χ3v) is 2.87. The smallest absolute Gasteiger partial charge is 0.179 e. The Hall–Kier alpha value is -2.14. The molecule has 0 saturated carbocycles. The maximum Gasteiger partial charge on any atom is 0.179 e. The number of benzene rings is 1. The average molecular weight is 261 g/mol.